The lowest BCUT2D eigenvalue weighted by Crippen LogP contribution is -2.51. The molecule has 3 aliphatic heterocycles. The number of hydrogen-bond donors (Lipinski definition) is 1. The number of rotatable bonds is 2. The fourth-order valence-corrected chi connectivity index (χ4v) is 3.68. The van der Waals surface area contributed by atoms with Crippen LogP contribution >= 0.6 is 0 Å². The van der Waals surface area contributed by atoms with Crippen LogP contribution in [-0.2, 0) is 9.47 Å². The van der Waals surface area contributed by atoms with Crippen molar-refractivity contribution in [2.75, 3.05) is 33.0 Å². The van der Waals surface area contributed by atoms with Gasteiger partial charge in [-0.3, -0.25) is 4.90 Å². The van der Waals surface area contributed by atoms with E-state index in [0.29, 0.717) is 18.7 Å². The van der Waals surface area contributed by atoms with Gasteiger partial charge in [-0.25, -0.2) is 0 Å². The Bertz CT molecular complexity index is 265. The van der Waals surface area contributed by atoms with Crippen LogP contribution in [0.2, 0.25) is 0 Å². The average molecular weight is 241 g/mol. The van der Waals surface area contributed by atoms with E-state index in [0.717, 1.165) is 52.0 Å². The second-order valence-corrected chi connectivity index (χ2v) is 5.70. The van der Waals surface area contributed by atoms with Gasteiger partial charge in [0.05, 0.1) is 18.8 Å². The molecule has 1 N–H and O–H groups in total. The summed E-state index contributed by atoms with van der Waals surface area (Å²) in [5, 5.41) is 9.43. The number of aliphatic hydroxyl groups excluding tert-OH is 1. The van der Waals surface area contributed by atoms with Crippen LogP contribution in [0.4, 0.5) is 0 Å². The second-order valence-electron chi connectivity index (χ2n) is 5.70. The van der Waals surface area contributed by atoms with Gasteiger partial charge in [0.2, 0.25) is 0 Å². The molecule has 3 aliphatic rings. The van der Waals surface area contributed by atoms with E-state index in [-0.39, 0.29) is 5.60 Å². The molecule has 4 heteroatoms. The highest BCUT2D eigenvalue weighted by atomic mass is 16.6. The minimum Gasteiger partial charge on any atom is -0.395 e. The summed E-state index contributed by atoms with van der Waals surface area (Å²) in [4.78, 5) is 2.52. The maximum atomic E-state index is 9.43. The SMILES string of the molecule is OC[C@H]1CCCN1C1CCOC2(CCOC2)C1. The molecule has 3 heterocycles. The van der Waals surface area contributed by atoms with E-state index in [2.05, 4.69) is 4.90 Å². The van der Waals surface area contributed by atoms with Crippen molar-refractivity contribution < 1.29 is 14.6 Å². The highest BCUT2D eigenvalue weighted by Gasteiger charge is 2.44. The van der Waals surface area contributed by atoms with Crippen molar-refractivity contribution in [1.29, 1.82) is 0 Å². The fourth-order valence-electron chi connectivity index (χ4n) is 3.68. The van der Waals surface area contributed by atoms with Gasteiger partial charge in [-0.05, 0) is 32.2 Å². The highest BCUT2D eigenvalue weighted by Crippen LogP contribution is 2.36. The van der Waals surface area contributed by atoms with Crippen LogP contribution in [-0.4, -0.2) is 60.7 Å². The lowest BCUT2D eigenvalue weighted by Gasteiger charge is -2.42. The van der Waals surface area contributed by atoms with Crippen molar-refractivity contribution in [3.05, 3.63) is 0 Å². The topological polar surface area (TPSA) is 41.9 Å². The molecule has 0 bridgehead atoms. The zero-order valence-electron chi connectivity index (χ0n) is 10.4. The molecule has 2 unspecified atom stereocenters. The molecule has 3 rings (SSSR count). The van der Waals surface area contributed by atoms with E-state index in [4.69, 9.17) is 9.47 Å². The van der Waals surface area contributed by atoms with Crippen molar-refractivity contribution in [2.45, 2.75) is 49.8 Å². The molecular formula is C13H23NO3. The van der Waals surface area contributed by atoms with E-state index in [1.54, 1.807) is 0 Å². The molecule has 4 nitrogen and oxygen atoms in total. The van der Waals surface area contributed by atoms with Crippen LogP contribution in [0.1, 0.15) is 32.1 Å². The first-order chi connectivity index (χ1) is 8.33. The van der Waals surface area contributed by atoms with Gasteiger partial charge in [0.25, 0.3) is 0 Å². The molecule has 1 spiro atoms. The third-order valence-corrected chi connectivity index (χ3v) is 4.64. The summed E-state index contributed by atoms with van der Waals surface area (Å²) in [5.74, 6) is 0. The van der Waals surface area contributed by atoms with E-state index in [1.165, 1.54) is 6.42 Å². The zero-order valence-corrected chi connectivity index (χ0v) is 10.4. The Hall–Kier alpha value is -0.160. The molecule has 17 heavy (non-hydrogen) atoms. The van der Waals surface area contributed by atoms with Crippen LogP contribution in [0.25, 0.3) is 0 Å². The summed E-state index contributed by atoms with van der Waals surface area (Å²) < 4.78 is 11.5. The Morgan fingerprint density at radius 2 is 2.24 bits per heavy atom. The smallest absolute Gasteiger partial charge is 0.0951 e. The van der Waals surface area contributed by atoms with Gasteiger partial charge in [-0.15, -0.1) is 0 Å². The van der Waals surface area contributed by atoms with Crippen LogP contribution in [0.3, 0.4) is 0 Å². The van der Waals surface area contributed by atoms with Crippen LogP contribution in [0, 0.1) is 0 Å². The minimum atomic E-state index is -0.00842. The average Bonchev–Trinajstić information content (AvgIpc) is 2.98. The maximum Gasteiger partial charge on any atom is 0.0951 e. The molecule has 0 aromatic rings. The Morgan fingerprint density at radius 1 is 1.29 bits per heavy atom. The van der Waals surface area contributed by atoms with Gasteiger partial charge in [-0.2, -0.15) is 0 Å². The first-order valence-electron chi connectivity index (χ1n) is 6.91. The predicted octanol–water partition coefficient (Wildman–Crippen LogP) is 0.781. The molecule has 0 aliphatic carbocycles. The lowest BCUT2D eigenvalue weighted by molar-refractivity contribution is -0.109. The largest absolute Gasteiger partial charge is 0.395 e. The Kier molecular flexibility index (Phi) is 3.39. The molecule has 3 atom stereocenters. The molecule has 0 amide bonds. The van der Waals surface area contributed by atoms with Crippen LogP contribution in [0.15, 0.2) is 0 Å². The second kappa shape index (κ2) is 4.84. The van der Waals surface area contributed by atoms with E-state index >= 15 is 0 Å². The molecule has 0 saturated carbocycles. The fraction of sp³-hybridized carbons (Fsp3) is 1.00. The molecule has 3 fully saturated rings. The highest BCUT2D eigenvalue weighted by molar-refractivity contribution is 4.96. The number of aliphatic hydroxyl groups is 1. The standard InChI is InChI=1S/C13H23NO3/c15-9-12-2-1-5-14(12)11-3-6-17-13(8-11)4-7-16-10-13/h11-12,15H,1-10H2/t11?,12-,13?/m1/s1. The maximum absolute atomic E-state index is 9.43. The summed E-state index contributed by atoms with van der Waals surface area (Å²) in [7, 11) is 0. The first-order valence-corrected chi connectivity index (χ1v) is 6.91. The molecule has 0 radical (unpaired) electrons. The summed E-state index contributed by atoms with van der Waals surface area (Å²) in [6.45, 7) is 3.91. The Morgan fingerprint density at radius 3 is 3.00 bits per heavy atom. The zero-order chi connectivity index (χ0) is 11.7. The molecule has 0 aromatic carbocycles. The van der Waals surface area contributed by atoms with Gasteiger partial charge >= 0.3 is 0 Å². The van der Waals surface area contributed by atoms with Gasteiger partial charge in [0.1, 0.15) is 0 Å². The minimum absolute atomic E-state index is 0.00842. The van der Waals surface area contributed by atoms with Crippen molar-refractivity contribution in [2.24, 2.45) is 0 Å². The lowest BCUT2D eigenvalue weighted by atomic mass is 9.88. The van der Waals surface area contributed by atoms with Crippen molar-refractivity contribution in [1.82, 2.24) is 4.90 Å². The number of nitrogens with zero attached hydrogens (tertiary/aromatic N) is 1. The summed E-state index contributed by atoms with van der Waals surface area (Å²) in [6.07, 6.45) is 5.62. The van der Waals surface area contributed by atoms with Gasteiger partial charge in [0, 0.05) is 31.7 Å². The normalized spacial score (nSPS) is 43.6. The molecule has 3 saturated heterocycles. The van der Waals surface area contributed by atoms with Crippen LogP contribution < -0.4 is 0 Å². The Balaban J connectivity index is 1.67. The third kappa shape index (κ3) is 2.24. The van der Waals surface area contributed by atoms with E-state index < -0.39 is 0 Å². The third-order valence-electron chi connectivity index (χ3n) is 4.64. The summed E-state index contributed by atoms with van der Waals surface area (Å²) in [5.41, 5.74) is -0.00842. The quantitative estimate of drug-likeness (QED) is 0.776. The van der Waals surface area contributed by atoms with Crippen molar-refractivity contribution >= 4 is 0 Å². The van der Waals surface area contributed by atoms with Gasteiger partial charge in [-0.1, -0.05) is 0 Å². The van der Waals surface area contributed by atoms with Gasteiger partial charge < -0.3 is 14.6 Å². The van der Waals surface area contributed by atoms with Crippen LogP contribution in [0.5, 0.6) is 0 Å². The number of likely N-dealkylation sites (tertiary alicyclic amines) is 1. The molecule has 0 aromatic heterocycles. The predicted molar refractivity (Wildman–Crippen MR) is 64.0 cm³/mol. The van der Waals surface area contributed by atoms with Crippen molar-refractivity contribution in [3.63, 3.8) is 0 Å². The molecular weight excluding hydrogens is 218 g/mol. The summed E-state index contributed by atoms with van der Waals surface area (Å²) >= 11 is 0. The van der Waals surface area contributed by atoms with Crippen molar-refractivity contribution in [3.8, 4) is 0 Å². The molecule has 98 valence electrons. The monoisotopic (exact) mass is 241 g/mol. The van der Waals surface area contributed by atoms with E-state index in [1.807, 2.05) is 0 Å². The Labute approximate surface area is 103 Å². The van der Waals surface area contributed by atoms with Gasteiger partial charge in [0.15, 0.2) is 0 Å². The number of hydrogen-bond acceptors (Lipinski definition) is 4. The first kappa shape index (κ1) is 11.9. The van der Waals surface area contributed by atoms with E-state index in [9.17, 15) is 5.11 Å². The summed E-state index contributed by atoms with van der Waals surface area (Å²) in [6, 6.07) is 0.975. The number of ether oxygens (including phenoxy) is 2.